The second-order valence-corrected chi connectivity index (χ2v) is 17.5. The molecule has 0 fully saturated rings. The highest BCUT2D eigenvalue weighted by atomic mass is 16.5. The summed E-state index contributed by atoms with van der Waals surface area (Å²) in [6.45, 7) is 11.9. The van der Waals surface area contributed by atoms with Crippen molar-refractivity contribution in [2.75, 3.05) is 0 Å². The number of Topliss-reactive ketones (excluding diaryl/α,β-unsaturated/α-hetero) is 1. The van der Waals surface area contributed by atoms with Crippen LogP contribution in [0.3, 0.4) is 0 Å². The Morgan fingerprint density at radius 3 is 1.76 bits per heavy atom. The summed E-state index contributed by atoms with van der Waals surface area (Å²) in [4.78, 5) is 130. The molecule has 362 valence electrons. The van der Waals surface area contributed by atoms with E-state index in [4.69, 9.17) is 10.5 Å². The van der Waals surface area contributed by atoms with Gasteiger partial charge in [0.05, 0.1) is 12.5 Å². The highest BCUT2D eigenvalue weighted by molar-refractivity contribution is 6.37. The summed E-state index contributed by atoms with van der Waals surface area (Å²) in [5, 5.41) is 34.0. The Morgan fingerprint density at radius 2 is 1.20 bits per heavy atom. The molecule has 7 amide bonds. The van der Waals surface area contributed by atoms with E-state index in [1.54, 1.807) is 96.1 Å². The van der Waals surface area contributed by atoms with Crippen LogP contribution in [0.25, 0.3) is 0 Å². The third kappa shape index (κ3) is 19.5. The maximum atomic E-state index is 14.4. The number of nitrogens with two attached hydrogens (primary N) is 1. The lowest BCUT2D eigenvalue weighted by Gasteiger charge is -2.34. The van der Waals surface area contributed by atoms with Crippen molar-refractivity contribution in [2.45, 2.75) is 143 Å². The van der Waals surface area contributed by atoms with E-state index in [2.05, 4.69) is 31.9 Å². The molecule has 10 N–H and O–H groups in total. The molecule has 0 radical (unpaired) electrons. The van der Waals surface area contributed by atoms with E-state index in [0.717, 1.165) is 5.56 Å². The van der Waals surface area contributed by atoms with Crippen LogP contribution in [-0.2, 0) is 60.9 Å². The molecule has 0 bridgehead atoms. The molecule has 0 aromatic heterocycles. The SMILES string of the molecule is CCCCC(NC(=O)[C@H](CC(C)C)NC(=O)[C@@H](NC(=O)[C@H](Cc1ccccc1C)NC(=O)[C@H](CCC(=O)O)NC(=O)[C@H](CC(=O)O)NC(=O)OCc1ccccc1)C(C)(C)C)C(=O)C(N)=O. The predicted octanol–water partition coefficient (Wildman–Crippen LogP) is 1.93. The van der Waals surface area contributed by atoms with E-state index in [1.807, 2.05) is 6.92 Å². The Morgan fingerprint density at radius 1 is 0.652 bits per heavy atom. The third-order valence-electron chi connectivity index (χ3n) is 10.3. The smallest absolute Gasteiger partial charge is 0.408 e. The van der Waals surface area contributed by atoms with Crippen molar-refractivity contribution in [3.63, 3.8) is 0 Å². The van der Waals surface area contributed by atoms with E-state index >= 15 is 0 Å². The molecule has 0 aliphatic heterocycles. The summed E-state index contributed by atoms with van der Waals surface area (Å²) in [6, 6.07) is 6.64. The van der Waals surface area contributed by atoms with Crippen LogP contribution in [0.2, 0.25) is 0 Å². The fourth-order valence-electron chi connectivity index (χ4n) is 6.64. The number of ketones is 1. The van der Waals surface area contributed by atoms with Crippen LogP contribution in [-0.4, -0.2) is 106 Å². The van der Waals surface area contributed by atoms with Gasteiger partial charge in [-0.3, -0.25) is 43.2 Å². The van der Waals surface area contributed by atoms with Gasteiger partial charge >= 0.3 is 18.0 Å². The zero-order valence-electron chi connectivity index (χ0n) is 38.6. The lowest BCUT2D eigenvalue weighted by atomic mass is 9.85. The highest BCUT2D eigenvalue weighted by Crippen LogP contribution is 2.21. The maximum absolute atomic E-state index is 14.4. The molecule has 0 spiro atoms. The van der Waals surface area contributed by atoms with Gasteiger partial charge in [0, 0.05) is 12.8 Å². The van der Waals surface area contributed by atoms with Gasteiger partial charge in [-0.2, -0.15) is 0 Å². The van der Waals surface area contributed by atoms with Gasteiger partial charge in [-0.15, -0.1) is 0 Å². The van der Waals surface area contributed by atoms with Crippen molar-refractivity contribution in [2.24, 2.45) is 17.1 Å². The van der Waals surface area contributed by atoms with Gasteiger partial charge in [-0.05, 0) is 54.2 Å². The number of primary amides is 1. The number of carboxylic acids is 2. The van der Waals surface area contributed by atoms with Crippen LogP contribution in [0.15, 0.2) is 54.6 Å². The molecule has 0 saturated carbocycles. The fourth-order valence-corrected chi connectivity index (χ4v) is 6.64. The lowest BCUT2D eigenvalue weighted by molar-refractivity contribution is -0.140. The number of ether oxygens (including phenoxy) is 1. The van der Waals surface area contributed by atoms with Crippen LogP contribution < -0.4 is 37.6 Å². The number of unbranched alkanes of at least 4 members (excludes halogenated alkanes) is 1. The van der Waals surface area contributed by atoms with Gasteiger partial charge in [-0.25, -0.2) is 4.79 Å². The number of aliphatic carboxylic acids is 2. The molecule has 0 aliphatic carbocycles. The van der Waals surface area contributed by atoms with Gasteiger partial charge in [0.25, 0.3) is 5.91 Å². The number of benzene rings is 2. The van der Waals surface area contributed by atoms with Crippen molar-refractivity contribution >= 4 is 59.3 Å². The molecule has 0 heterocycles. The molecule has 20 nitrogen and oxygen atoms in total. The Bertz CT molecular complexity index is 2040. The first-order valence-electron chi connectivity index (χ1n) is 21.7. The van der Waals surface area contributed by atoms with Crippen molar-refractivity contribution in [1.82, 2.24) is 31.9 Å². The maximum Gasteiger partial charge on any atom is 0.408 e. The number of alkyl carbamates (subject to hydrolysis) is 1. The zero-order valence-corrected chi connectivity index (χ0v) is 38.6. The lowest BCUT2D eigenvalue weighted by Crippen LogP contribution is -2.62. The Kier molecular flexibility index (Phi) is 22.5. The van der Waals surface area contributed by atoms with E-state index < -0.39 is 120 Å². The van der Waals surface area contributed by atoms with E-state index in [9.17, 15) is 58.2 Å². The highest BCUT2D eigenvalue weighted by Gasteiger charge is 2.39. The van der Waals surface area contributed by atoms with Gasteiger partial charge in [0.15, 0.2) is 0 Å². The van der Waals surface area contributed by atoms with Crippen molar-refractivity contribution < 1.29 is 62.9 Å². The summed E-state index contributed by atoms with van der Waals surface area (Å²) in [5.74, 6) is -9.87. The molecule has 2 aromatic carbocycles. The predicted molar refractivity (Wildman–Crippen MR) is 240 cm³/mol. The summed E-state index contributed by atoms with van der Waals surface area (Å²) in [7, 11) is 0. The summed E-state index contributed by atoms with van der Waals surface area (Å²) >= 11 is 0. The van der Waals surface area contributed by atoms with Crippen LogP contribution in [0, 0.1) is 18.3 Å². The molecule has 6 atom stereocenters. The first-order valence-corrected chi connectivity index (χ1v) is 21.7. The minimum absolute atomic E-state index is 0.0980. The Balaban J connectivity index is 2.46. The van der Waals surface area contributed by atoms with Gasteiger partial charge in [0.2, 0.25) is 35.3 Å². The van der Waals surface area contributed by atoms with Crippen molar-refractivity contribution in [3.8, 4) is 0 Å². The van der Waals surface area contributed by atoms with Gasteiger partial charge < -0.3 is 52.6 Å². The first kappa shape index (κ1) is 55.3. The number of aryl methyl sites for hydroxylation is 1. The molecular formula is C46H65N7O13. The van der Waals surface area contributed by atoms with Gasteiger partial charge in [-0.1, -0.05) is 109 Å². The molecular weight excluding hydrogens is 859 g/mol. The van der Waals surface area contributed by atoms with E-state index in [-0.39, 0.29) is 31.8 Å². The molecule has 1 unspecified atom stereocenters. The number of carbonyl (C=O) groups excluding carboxylic acids is 8. The minimum atomic E-state index is -1.78. The second-order valence-electron chi connectivity index (χ2n) is 17.5. The number of carbonyl (C=O) groups is 10. The van der Waals surface area contributed by atoms with Crippen molar-refractivity contribution in [1.29, 1.82) is 0 Å². The average molecular weight is 924 g/mol. The Labute approximate surface area is 384 Å². The number of hydrogen-bond acceptors (Lipinski definition) is 11. The van der Waals surface area contributed by atoms with Crippen LogP contribution >= 0.6 is 0 Å². The number of hydrogen-bond donors (Lipinski definition) is 9. The summed E-state index contributed by atoms with van der Waals surface area (Å²) < 4.78 is 5.13. The second kappa shape index (κ2) is 26.8. The monoisotopic (exact) mass is 923 g/mol. The average Bonchev–Trinajstić information content (AvgIpc) is 3.23. The molecule has 2 aromatic rings. The Hall–Kier alpha value is -6.86. The van der Waals surface area contributed by atoms with Crippen LogP contribution in [0.5, 0.6) is 0 Å². The summed E-state index contributed by atoms with van der Waals surface area (Å²) in [6.07, 6.45) is -2.07. The topological polar surface area (TPSA) is 319 Å². The van der Waals surface area contributed by atoms with Crippen LogP contribution in [0.4, 0.5) is 4.79 Å². The molecule has 0 aliphatic rings. The first-order chi connectivity index (χ1) is 30.9. The van der Waals surface area contributed by atoms with E-state index in [1.165, 1.54) is 0 Å². The molecule has 20 heteroatoms. The fraction of sp³-hybridized carbons (Fsp3) is 0.522. The molecule has 0 saturated heterocycles. The van der Waals surface area contributed by atoms with Crippen LogP contribution in [0.1, 0.15) is 103 Å². The van der Waals surface area contributed by atoms with E-state index in [0.29, 0.717) is 24.0 Å². The number of rotatable bonds is 27. The minimum Gasteiger partial charge on any atom is -0.481 e. The third-order valence-corrected chi connectivity index (χ3v) is 10.3. The normalized spacial score (nSPS) is 13.9. The molecule has 2 rings (SSSR count). The largest absolute Gasteiger partial charge is 0.481 e. The zero-order chi connectivity index (χ0) is 49.7. The summed E-state index contributed by atoms with van der Waals surface area (Å²) in [5.41, 5.74) is 6.13. The molecule has 66 heavy (non-hydrogen) atoms. The number of amides is 7. The number of carboxylic acid groups (broad SMARTS) is 2. The van der Waals surface area contributed by atoms with Crippen molar-refractivity contribution in [3.05, 3.63) is 71.3 Å². The standard InChI is InChI=1S/C46H65N7O13/c1-8-9-19-30(37(58)39(47)59)48-41(61)32(22-26(2)3)51-44(64)38(46(5,6)7)53-43(63)33(23-29-18-14-13-15-27(29)4)50-40(60)31(20-21-35(54)55)49-42(62)34(24-36(56)57)52-45(65)66-25-28-16-11-10-12-17-28/h10-18,26,30-34,38H,8-9,19-25H2,1-7H3,(H2,47,59)(H,48,61)(H,49,62)(H,50,60)(H,51,64)(H,52,65)(H,53,63)(H,54,55)(H,56,57)/t30?,31-,32-,33-,34-,38+/m0/s1. The number of nitrogens with one attached hydrogen (secondary N) is 6. The van der Waals surface area contributed by atoms with Gasteiger partial charge in [0.1, 0.15) is 36.8 Å². The quantitative estimate of drug-likeness (QED) is 0.0580.